The normalized spacial score (nSPS) is 31.4. The van der Waals surface area contributed by atoms with Crippen LogP contribution in [-0.4, -0.2) is 68.9 Å². The third-order valence-electron chi connectivity index (χ3n) is 3.61. The van der Waals surface area contributed by atoms with Crippen LogP contribution in [0, 0.1) is 0 Å². The Bertz CT molecular complexity index is 350. The van der Waals surface area contributed by atoms with Gasteiger partial charge in [-0.2, -0.15) is 0 Å². The molecule has 2 aliphatic rings. The highest BCUT2D eigenvalue weighted by Gasteiger charge is 2.32. The molecule has 19 heavy (non-hydrogen) atoms. The number of likely N-dealkylation sites (N-methyl/N-ethyl adjacent to an activating group) is 1. The average molecular weight is 271 g/mol. The van der Waals surface area contributed by atoms with Crippen LogP contribution in [0.3, 0.4) is 0 Å². The van der Waals surface area contributed by atoms with Crippen LogP contribution in [0.2, 0.25) is 0 Å². The standard InChI is InChI=1S/C12H21N3O4/c1-15-5-3-4-8(11(15)16)13-12(17)14-9-6-19-7-10(9)18-2/h8-10H,3-7H2,1-2H3,(H2,13,14,17)/t8?,9-,10+/m0/s1. The summed E-state index contributed by atoms with van der Waals surface area (Å²) in [6.45, 7) is 1.66. The van der Waals surface area contributed by atoms with E-state index in [4.69, 9.17) is 9.47 Å². The molecule has 0 aromatic carbocycles. The SMILES string of the molecule is CO[C@@H]1COC[C@@H]1NC(=O)NC1CCCN(C)C1=O. The maximum Gasteiger partial charge on any atom is 0.315 e. The molecule has 2 aliphatic heterocycles. The first-order valence-corrected chi connectivity index (χ1v) is 6.54. The number of carbonyl (C=O) groups excluding carboxylic acids is 2. The highest BCUT2D eigenvalue weighted by Crippen LogP contribution is 2.11. The van der Waals surface area contributed by atoms with Crippen LogP contribution >= 0.6 is 0 Å². The number of nitrogens with zero attached hydrogens (tertiary/aromatic N) is 1. The minimum absolute atomic E-state index is 0.0348. The topological polar surface area (TPSA) is 79.9 Å². The highest BCUT2D eigenvalue weighted by molar-refractivity contribution is 5.87. The Kier molecular flexibility index (Phi) is 4.60. The van der Waals surface area contributed by atoms with Crippen molar-refractivity contribution in [2.75, 3.05) is 33.9 Å². The van der Waals surface area contributed by atoms with Gasteiger partial charge in [-0.3, -0.25) is 4.79 Å². The summed E-state index contributed by atoms with van der Waals surface area (Å²) in [7, 11) is 3.34. The summed E-state index contributed by atoms with van der Waals surface area (Å²) < 4.78 is 10.5. The second-order valence-corrected chi connectivity index (χ2v) is 4.99. The third kappa shape index (κ3) is 3.36. The van der Waals surface area contributed by atoms with Gasteiger partial charge >= 0.3 is 6.03 Å². The van der Waals surface area contributed by atoms with Gasteiger partial charge in [-0.1, -0.05) is 0 Å². The molecule has 0 saturated carbocycles. The fourth-order valence-corrected chi connectivity index (χ4v) is 2.44. The average Bonchev–Trinajstić information content (AvgIpc) is 2.82. The molecule has 7 nitrogen and oxygen atoms in total. The van der Waals surface area contributed by atoms with Gasteiger partial charge < -0.3 is 25.0 Å². The number of urea groups is 1. The van der Waals surface area contributed by atoms with E-state index in [2.05, 4.69) is 10.6 Å². The van der Waals surface area contributed by atoms with Crippen molar-refractivity contribution in [2.24, 2.45) is 0 Å². The molecular weight excluding hydrogens is 250 g/mol. The summed E-state index contributed by atoms with van der Waals surface area (Å²) in [5.74, 6) is -0.0348. The summed E-state index contributed by atoms with van der Waals surface area (Å²) in [5.41, 5.74) is 0. The van der Waals surface area contributed by atoms with Crippen LogP contribution in [0.4, 0.5) is 4.79 Å². The number of hydrogen-bond donors (Lipinski definition) is 2. The Morgan fingerprint density at radius 2 is 2.21 bits per heavy atom. The lowest BCUT2D eigenvalue weighted by atomic mass is 10.1. The first kappa shape index (κ1) is 14.1. The number of amides is 3. The molecule has 2 heterocycles. The van der Waals surface area contributed by atoms with Gasteiger partial charge in [-0.15, -0.1) is 0 Å². The Hall–Kier alpha value is -1.34. The molecular formula is C12H21N3O4. The zero-order valence-electron chi connectivity index (χ0n) is 11.3. The van der Waals surface area contributed by atoms with Gasteiger partial charge in [0.2, 0.25) is 5.91 Å². The van der Waals surface area contributed by atoms with Crippen LogP contribution in [0.1, 0.15) is 12.8 Å². The minimum atomic E-state index is -0.429. The van der Waals surface area contributed by atoms with Crippen molar-refractivity contribution in [1.82, 2.24) is 15.5 Å². The number of ether oxygens (including phenoxy) is 2. The number of carbonyl (C=O) groups is 2. The van der Waals surface area contributed by atoms with Crippen molar-refractivity contribution in [3.8, 4) is 0 Å². The Morgan fingerprint density at radius 1 is 1.42 bits per heavy atom. The lowest BCUT2D eigenvalue weighted by Crippen LogP contribution is -2.56. The number of nitrogens with one attached hydrogen (secondary N) is 2. The number of piperidine rings is 1. The lowest BCUT2D eigenvalue weighted by molar-refractivity contribution is -0.134. The molecule has 3 atom stereocenters. The summed E-state index contributed by atoms with van der Waals surface area (Å²) in [4.78, 5) is 25.4. The van der Waals surface area contributed by atoms with Crippen molar-refractivity contribution < 1.29 is 19.1 Å². The number of methoxy groups -OCH3 is 1. The van der Waals surface area contributed by atoms with Gasteiger partial charge in [-0.25, -0.2) is 4.79 Å². The van der Waals surface area contributed by atoms with E-state index in [1.165, 1.54) is 0 Å². The molecule has 2 fully saturated rings. The van der Waals surface area contributed by atoms with Crippen molar-refractivity contribution in [3.05, 3.63) is 0 Å². The lowest BCUT2D eigenvalue weighted by Gasteiger charge is -2.30. The van der Waals surface area contributed by atoms with Crippen LogP contribution in [0.15, 0.2) is 0 Å². The van der Waals surface area contributed by atoms with E-state index in [-0.39, 0.29) is 24.1 Å². The highest BCUT2D eigenvalue weighted by atomic mass is 16.5. The van der Waals surface area contributed by atoms with Crippen molar-refractivity contribution >= 4 is 11.9 Å². The molecule has 0 aromatic rings. The summed E-state index contributed by atoms with van der Waals surface area (Å²) in [6, 6.07) is -0.935. The molecule has 2 saturated heterocycles. The summed E-state index contributed by atoms with van der Waals surface area (Å²) in [5, 5.41) is 5.51. The van der Waals surface area contributed by atoms with E-state index in [1.54, 1.807) is 19.1 Å². The van der Waals surface area contributed by atoms with Gasteiger partial charge in [0.05, 0.1) is 19.3 Å². The molecule has 2 N–H and O–H groups in total. The molecule has 0 bridgehead atoms. The van der Waals surface area contributed by atoms with E-state index in [0.717, 1.165) is 13.0 Å². The zero-order valence-corrected chi connectivity index (χ0v) is 11.3. The van der Waals surface area contributed by atoms with Crippen LogP contribution in [0.25, 0.3) is 0 Å². The van der Waals surface area contributed by atoms with Gasteiger partial charge in [0, 0.05) is 20.7 Å². The zero-order chi connectivity index (χ0) is 13.8. The molecule has 0 radical (unpaired) electrons. The molecule has 0 aliphatic carbocycles. The number of likely N-dealkylation sites (tertiary alicyclic amines) is 1. The predicted molar refractivity (Wildman–Crippen MR) is 67.7 cm³/mol. The molecule has 3 amide bonds. The second-order valence-electron chi connectivity index (χ2n) is 4.99. The van der Waals surface area contributed by atoms with Crippen LogP contribution in [-0.2, 0) is 14.3 Å². The molecule has 1 unspecified atom stereocenters. The first-order chi connectivity index (χ1) is 9.11. The summed E-state index contributed by atoms with van der Waals surface area (Å²) >= 11 is 0. The van der Waals surface area contributed by atoms with Crippen molar-refractivity contribution in [1.29, 1.82) is 0 Å². The maximum atomic E-state index is 11.9. The van der Waals surface area contributed by atoms with E-state index in [9.17, 15) is 9.59 Å². The van der Waals surface area contributed by atoms with E-state index in [1.807, 2.05) is 0 Å². The van der Waals surface area contributed by atoms with Gasteiger partial charge in [-0.05, 0) is 12.8 Å². The van der Waals surface area contributed by atoms with Crippen molar-refractivity contribution in [3.63, 3.8) is 0 Å². The summed E-state index contributed by atoms with van der Waals surface area (Å²) in [6.07, 6.45) is 1.46. The monoisotopic (exact) mass is 271 g/mol. The Labute approximate surface area is 112 Å². The molecule has 7 heteroatoms. The predicted octanol–water partition coefficient (Wildman–Crippen LogP) is -0.680. The van der Waals surface area contributed by atoms with Gasteiger partial charge in [0.25, 0.3) is 0 Å². The first-order valence-electron chi connectivity index (χ1n) is 6.54. The largest absolute Gasteiger partial charge is 0.377 e. The number of rotatable bonds is 3. The quantitative estimate of drug-likeness (QED) is 0.713. The van der Waals surface area contributed by atoms with Crippen molar-refractivity contribution in [2.45, 2.75) is 31.0 Å². The van der Waals surface area contributed by atoms with Gasteiger partial charge in [0.1, 0.15) is 12.1 Å². The minimum Gasteiger partial charge on any atom is -0.377 e. The molecule has 108 valence electrons. The second kappa shape index (κ2) is 6.21. The fraction of sp³-hybridized carbons (Fsp3) is 0.833. The molecule has 2 rings (SSSR count). The smallest absolute Gasteiger partial charge is 0.315 e. The third-order valence-corrected chi connectivity index (χ3v) is 3.61. The van der Waals surface area contributed by atoms with Gasteiger partial charge in [0.15, 0.2) is 0 Å². The van der Waals surface area contributed by atoms with E-state index in [0.29, 0.717) is 19.6 Å². The molecule has 0 spiro atoms. The van der Waals surface area contributed by atoms with Crippen LogP contribution < -0.4 is 10.6 Å². The number of hydrogen-bond acceptors (Lipinski definition) is 4. The van der Waals surface area contributed by atoms with E-state index < -0.39 is 6.04 Å². The van der Waals surface area contributed by atoms with E-state index >= 15 is 0 Å². The van der Waals surface area contributed by atoms with Crippen LogP contribution in [0.5, 0.6) is 0 Å². The Morgan fingerprint density at radius 3 is 2.95 bits per heavy atom. The maximum absolute atomic E-state index is 11.9. The molecule has 0 aromatic heterocycles. The Balaban J connectivity index is 1.82. The fourth-order valence-electron chi connectivity index (χ4n) is 2.44.